The molecular weight excluding hydrogens is 659 g/mol. The van der Waals surface area contributed by atoms with E-state index in [2.05, 4.69) is 24.1 Å². The molecule has 0 spiro atoms. The molecule has 0 aliphatic heterocycles. The van der Waals surface area contributed by atoms with E-state index in [0.29, 0.717) is 40.9 Å². The molecule has 0 aliphatic carbocycles. The number of nitrogens with one attached hydrogen (secondary N) is 1. The number of carbonyl (C=O) groups excluding carboxylic acids is 1. The summed E-state index contributed by atoms with van der Waals surface area (Å²) in [6.45, 7) is 11.7. The second-order valence-electron chi connectivity index (χ2n) is 12.6. The number of imidazole rings is 1. The van der Waals surface area contributed by atoms with Gasteiger partial charge in [0.15, 0.2) is 9.84 Å². The Kier molecular flexibility index (Phi) is 13.5. The van der Waals surface area contributed by atoms with Crippen LogP contribution in [0.2, 0.25) is 0 Å². The van der Waals surface area contributed by atoms with Gasteiger partial charge >= 0.3 is 0 Å². The largest absolute Gasteiger partial charge is 0.491 e. The van der Waals surface area contributed by atoms with Crippen molar-refractivity contribution in [1.29, 1.82) is 0 Å². The van der Waals surface area contributed by atoms with E-state index in [-0.39, 0.29) is 4.90 Å². The monoisotopic (exact) mass is 705 g/mol. The molecule has 49 heavy (non-hydrogen) atoms. The highest BCUT2D eigenvalue weighted by Crippen LogP contribution is 2.32. The number of hydrogen-bond donors (Lipinski definition) is 1. The third kappa shape index (κ3) is 10.5. The van der Waals surface area contributed by atoms with Crippen LogP contribution in [0, 0.1) is 0 Å². The molecule has 0 saturated heterocycles. The molecular formula is C38H47N3O6S2. The minimum absolute atomic E-state index is 0.142. The minimum Gasteiger partial charge on any atom is -0.491 e. The first-order chi connectivity index (χ1) is 23.4. The number of hydrogen-bond acceptors (Lipinski definition) is 7. The van der Waals surface area contributed by atoms with Gasteiger partial charge in [-0.1, -0.05) is 38.5 Å². The standard InChI is InChI=1S/C38H47N3O6S2/c1-6-8-22-46-23-24-47-34-15-9-29(10-16-34)30-11-19-36(49(44,45)38(3,4)5)31(25-30)12-20-37(42)40-32-13-17-35(18-14-32)48(43)27-33-26-39-28-41(33)21-7-2/h9-20,25-26,28H,6-8,21-24,27H2,1-5H3,(H,40,42)/b20-12+/t48-/m0/s1. The van der Waals surface area contributed by atoms with Gasteiger partial charge in [0.25, 0.3) is 0 Å². The summed E-state index contributed by atoms with van der Waals surface area (Å²) in [5, 5.41) is 2.81. The van der Waals surface area contributed by atoms with Crippen molar-refractivity contribution in [2.24, 2.45) is 0 Å². The summed E-state index contributed by atoms with van der Waals surface area (Å²) in [4.78, 5) is 17.9. The fourth-order valence-electron chi connectivity index (χ4n) is 4.91. The highest BCUT2D eigenvalue weighted by atomic mass is 32.2. The molecule has 0 aliphatic rings. The van der Waals surface area contributed by atoms with Crippen molar-refractivity contribution in [2.45, 2.75) is 80.7 Å². The number of unbranched alkanes of at least 4 members (excludes halogenated alkanes) is 1. The molecule has 0 bridgehead atoms. The Morgan fingerprint density at radius 3 is 2.33 bits per heavy atom. The van der Waals surface area contributed by atoms with Crippen molar-refractivity contribution in [3.05, 3.63) is 96.6 Å². The zero-order valence-corrected chi connectivity index (χ0v) is 30.6. The van der Waals surface area contributed by atoms with Gasteiger partial charge in [0, 0.05) is 36.0 Å². The Bertz CT molecular complexity index is 1840. The molecule has 1 atom stereocenters. The maximum atomic E-state index is 13.5. The fourth-order valence-corrected chi connectivity index (χ4v) is 7.37. The van der Waals surface area contributed by atoms with Crippen LogP contribution in [-0.2, 0) is 42.5 Å². The number of nitrogens with zero attached hydrogens (tertiary/aromatic N) is 2. The topological polar surface area (TPSA) is 117 Å². The van der Waals surface area contributed by atoms with Gasteiger partial charge in [0.2, 0.25) is 5.91 Å². The van der Waals surface area contributed by atoms with Gasteiger partial charge < -0.3 is 19.4 Å². The van der Waals surface area contributed by atoms with E-state index < -0.39 is 31.3 Å². The molecule has 1 heterocycles. The molecule has 0 unspecified atom stereocenters. The number of anilines is 1. The van der Waals surface area contributed by atoms with E-state index >= 15 is 0 Å². The minimum atomic E-state index is -3.73. The summed E-state index contributed by atoms with van der Waals surface area (Å²) in [6.07, 6.45) is 9.40. The van der Waals surface area contributed by atoms with Crippen LogP contribution in [0.3, 0.4) is 0 Å². The van der Waals surface area contributed by atoms with Crippen LogP contribution in [0.4, 0.5) is 5.69 Å². The van der Waals surface area contributed by atoms with Gasteiger partial charge in [-0.15, -0.1) is 0 Å². The van der Waals surface area contributed by atoms with E-state index in [9.17, 15) is 17.4 Å². The summed E-state index contributed by atoms with van der Waals surface area (Å²) in [6, 6.07) is 19.6. The number of amides is 1. The van der Waals surface area contributed by atoms with Crippen molar-refractivity contribution in [2.75, 3.05) is 25.1 Å². The van der Waals surface area contributed by atoms with Crippen molar-refractivity contribution >= 4 is 38.3 Å². The molecule has 0 saturated carbocycles. The molecule has 1 aromatic heterocycles. The Morgan fingerprint density at radius 2 is 1.65 bits per heavy atom. The molecule has 3 aromatic carbocycles. The summed E-state index contributed by atoms with van der Waals surface area (Å²) < 4.78 is 52.4. The third-order valence-corrected chi connectivity index (χ3v) is 11.7. The molecule has 0 fully saturated rings. The first kappa shape index (κ1) is 37.8. The van der Waals surface area contributed by atoms with E-state index in [1.165, 1.54) is 12.2 Å². The zero-order chi connectivity index (χ0) is 35.4. The summed E-state index contributed by atoms with van der Waals surface area (Å²) in [5.74, 6) is 0.632. The van der Waals surface area contributed by atoms with Crippen LogP contribution < -0.4 is 10.1 Å². The zero-order valence-electron chi connectivity index (χ0n) is 29.0. The molecule has 11 heteroatoms. The lowest BCUT2D eigenvalue weighted by atomic mass is 10.0. The Hall–Kier alpha value is -4.06. The van der Waals surface area contributed by atoms with Gasteiger partial charge in [0.05, 0.1) is 44.8 Å². The van der Waals surface area contributed by atoms with Crippen molar-refractivity contribution < 1.29 is 26.9 Å². The molecule has 4 aromatic rings. The van der Waals surface area contributed by atoms with Crippen LogP contribution in [0.25, 0.3) is 17.2 Å². The summed E-state index contributed by atoms with van der Waals surface area (Å²) in [7, 11) is -5.00. The molecule has 1 N–H and O–H groups in total. The van der Waals surface area contributed by atoms with Gasteiger partial charge in [-0.2, -0.15) is 0 Å². The van der Waals surface area contributed by atoms with E-state index in [1.54, 1.807) is 75.8 Å². The maximum absolute atomic E-state index is 13.5. The van der Waals surface area contributed by atoms with E-state index in [0.717, 1.165) is 49.2 Å². The van der Waals surface area contributed by atoms with E-state index in [4.69, 9.17) is 9.47 Å². The second kappa shape index (κ2) is 17.6. The van der Waals surface area contributed by atoms with Gasteiger partial charge in [-0.25, -0.2) is 13.4 Å². The Balaban J connectivity index is 1.47. The summed E-state index contributed by atoms with van der Waals surface area (Å²) in [5.41, 5.74) is 3.50. The Morgan fingerprint density at radius 1 is 0.939 bits per heavy atom. The molecule has 9 nitrogen and oxygen atoms in total. The second-order valence-corrected chi connectivity index (χ2v) is 16.7. The van der Waals surface area contributed by atoms with Gasteiger partial charge in [-0.3, -0.25) is 9.00 Å². The van der Waals surface area contributed by atoms with Crippen LogP contribution >= 0.6 is 0 Å². The smallest absolute Gasteiger partial charge is 0.248 e. The lowest BCUT2D eigenvalue weighted by Gasteiger charge is -2.21. The highest BCUT2D eigenvalue weighted by molar-refractivity contribution is 7.92. The van der Waals surface area contributed by atoms with E-state index in [1.807, 2.05) is 28.8 Å². The molecule has 262 valence electrons. The predicted octanol–water partition coefficient (Wildman–Crippen LogP) is 7.69. The molecule has 4 rings (SSSR count). The lowest BCUT2D eigenvalue weighted by Crippen LogP contribution is -2.28. The average molecular weight is 706 g/mol. The molecule has 0 radical (unpaired) electrons. The SMILES string of the molecule is CCCCOCCOc1ccc(-c2ccc(S(=O)(=O)C(C)(C)C)c(/C=C/C(=O)Nc3ccc([S@@](=O)Cc4cncn4CCC)cc3)c2)cc1. The van der Waals surface area contributed by atoms with Crippen LogP contribution in [-0.4, -0.2) is 52.7 Å². The lowest BCUT2D eigenvalue weighted by molar-refractivity contribution is -0.111. The van der Waals surface area contributed by atoms with Gasteiger partial charge in [0.1, 0.15) is 12.4 Å². The normalized spacial score (nSPS) is 12.7. The highest BCUT2D eigenvalue weighted by Gasteiger charge is 2.32. The van der Waals surface area contributed by atoms with Gasteiger partial charge in [-0.05, 0) is 105 Å². The van der Waals surface area contributed by atoms with Crippen molar-refractivity contribution in [3.8, 4) is 16.9 Å². The number of rotatable bonds is 17. The summed E-state index contributed by atoms with van der Waals surface area (Å²) >= 11 is 0. The van der Waals surface area contributed by atoms with Crippen molar-refractivity contribution in [1.82, 2.24) is 9.55 Å². The number of benzene rings is 3. The predicted molar refractivity (Wildman–Crippen MR) is 197 cm³/mol. The van der Waals surface area contributed by atoms with Crippen LogP contribution in [0.1, 0.15) is 65.1 Å². The number of carbonyl (C=O) groups is 1. The van der Waals surface area contributed by atoms with Crippen LogP contribution in [0.5, 0.6) is 5.75 Å². The molecule has 1 amide bonds. The average Bonchev–Trinajstić information content (AvgIpc) is 3.51. The van der Waals surface area contributed by atoms with Crippen molar-refractivity contribution in [3.63, 3.8) is 0 Å². The maximum Gasteiger partial charge on any atom is 0.248 e. The first-order valence-electron chi connectivity index (χ1n) is 16.6. The number of aryl methyl sites for hydroxylation is 1. The number of aromatic nitrogens is 2. The third-order valence-electron chi connectivity index (χ3n) is 7.77. The number of ether oxygens (including phenoxy) is 2. The van der Waals surface area contributed by atoms with Crippen LogP contribution in [0.15, 0.2) is 95.1 Å². The fraction of sp³-hybridized carbons (Fsp3) is 0.368. The first-order valence-corrected chi connectivity index (χ1v) is 19.4. The quantitative estimate of drug-likeness (QED) is 0.0885. The Labute approximate surface area is 293 Å². The number of sulfone groups is 1.